The summed E-state index contributed by atoms with van der Waals surface area (Å²) < 4.78 is 4.23. The molecule has 2 rings (SSSR count). The first-order valence-corrected chi connectivity index (χ1v) is 3.58. The standard InChI is InChI=1S/C6H5N3O4/c10-6-4(7-11)2-1-3-5(6)9(12)13-8-3/h11H,1-2H2/b7-4+. The predicted octanol–water partition coefficient (Wildman–Crippen LogP) is -0.733. The number of carbonyl (C=O) groups is 1. The maximum absolute atomic E-state index is 11.3. The minimum Gasteiger partial charge on any atom is -0.411 e. The molecule has 0 fully saturated rings. The van der Waals surface area contributed by atoms with Gasteiger partial charge in [0.25, 0.3) is 11.5 Å². The van der Waals surface area contributed by atoms with Gasteiger partial charge in [-0.1, -0.05) is 5.16 Å². The first-order chi connectivity index (χ1) is 6.24. The van der Waals surface area contributed by atoms with Crippen molar-refractivity contribution in [3.63, 3.8) is 0 Å². The van der Waals surface area contributed by atoms with E-state index in [0.29, 0.717) is 12.1 Å². The fourth-order valence-electron chi connectivity index (χ4n) is 1.24. The van der Waals surface area contributed by atoms with Crippen LogP contribution < -0.4 is 4.90 Å². The van der Waals surface area contributed by atoms with E-state index in [2.05, 4.69) is 14.9 Å². The topological polar surface area (TPSA) is 103 Å². The van der Waals surface area contributed by atoms with Crippen molar-refractivity contribution in [1.29, 1.82) is 0 Å². The van der Waals surface area contributed by atoms with Crippen LogP contribution in [-0.4, -0.2) is 21.9 Å². The third-order valence-electron chi connectivity index (χ3n) is 1.88. The van der Waals surface area contributed by atoms with Crippen molar-refractivity contribution in [1.82, 2.24) is 5.16 Å². The highest BCUT2D eigenvalue weighted by atomic mass is 16.8. The molecule has 0 unspecified atom stereocenters. The van der Waals surface area contributed by atoms with Crippen molar-refractivity contribution in [2.75, 3.05) is 0 Å². The van der Waals surface area contributed by atoms with Gasteiger partial charge in [0.1, 0.15) is 5.71 Å². The molecule has 1 aliphatic rings. The number of carbonyl (C=O) groups excluding carboxylic acids is 1. The van der Waals surface area contributed by atoms with Crippen molar-refractivity contribution in [3.8, 4) is 0 Å². The average Bonchev–Trinajstić information content (AvgIpc) is 2.49. The van der Waals surface area contributed by atoms with Gasteiger partial charge in [0.15, 0.2) is 0 Å². The van der Waals surface area contributed by atoms with Crippen LogP contribution in [0.4, 0.5) is 0 Å². The van der Waals surface area contributed by atoms with E-state index < -0.39 is 5.78 Å². The molecule has 0 spiro atoms. The Bertz CT molecular complexity index is 395. The molecule has 0 aliphatic heterocycles. The molecular weight excluding hydrogens is 178 g/mol. The van der Waals surface area contributed by atoms with Crippen LogP contribution in [-0.2, 0) is 6.42 Å². The van der Waals surface area contributed by atoms with Gasteiger partial charge in [0.2, 0.25) is 5.69 Å². The number of hydrogen-bond donors (Lipinski definition) is 1. The number of oxime groups is 1. The quantitative estimate of drug-likeness (QED) is 0.324. The monoisotopic (exact) mass is 183 g/mol. The van der Waals surface area contributed by atoms with E-state index in [1.54, 1.807) is 0 Å². The van der Waals surface area contributed by atoms with Gasteiger partial charge in [-0.15, -0.1) is 0 Å². The zero-order valence-electron chi connectivity index (χ0n) is 6.43. The third kappa shape index (κ3) is 0.968. The minimum absolute atomic E-state index is 0.0298. The van der Waals surface area contributed by atoms with Crippen molar-refractivity contribution < 1.29 is 19.5 Å². The van der Waals surface area contributed by atoms with Crippen LogP contribution in [0, 0.1) is 5.21 Å². The lowest BCUT2D eigenvalue weighted by Crippen LogP contribution is -2.37. The van der Waals surface area contributed by atoms with Crippen molar-refractivity contribution >= 4 is 11.5 Å². The van der Waals surface area contributed by atoms with Crippen LogP contribution in [0.15, 0.2) is 9.78 Å². The zero-order valence-corrected chi connectivity index (χ0v) is 6.43. The van der Waals surface area contributed by atoms with Crippen LogP contribution in [0.25, 0.3) is 0 Å². The van der Waals surface area contributed by atoms with Crippen molar-refractivity contribution in [2.45, 2.75) is 12.8 Å². The number of fused-ring (bicyclic) bond motifs is 1. The van der Waals surface area contributed by atoms with E-state index in [-0.39, 0.29) is 22.7 Å². The maximum Gasteiger partial charge on any atom is 0.270 e. The molecule has 13 heavy (non-hydrogen) atoms. The van der Waals surface area contributed by atoms with E-state index in [1.807, 2.05) is 0 Å². The van der Waals surface area contributed by atoms with Crippen LogP contribution >= 0.6 is 0 Å². The molecule has 1 N–H and O–H groups in total. The lowest BCUT2D eigenvalue weighted by atomic mass is 9.98. The first kappa shape index (κ1) is 7.71. The smallest absolute Gasteiger partial charge is 0.270 e. The highest BCUT2D eigenvalue weighted by Crippen LogP contribution is 2.14. The fourth-order valence-corrected chi connectivity index (χ4v) is 1.24. The van der Waals surface area contributed by atoms with Gasteiger partial charge >= 0.3 is 0 Å². The molecular formula is C6H5N3O4. The minimum atomic E-state index is -0.625. The molecule has 0 saturated heterocycles. The Morgan fingerprint density at radius 1 is 1.62 bits per heavy atom. The summed E-state index contributed by atoms with van der Waals surface area (Å²) in [5.74, 6) is -0.625. The highest BCUT2D eigenvalue weighted by Gasteiger charge is 2.34. The van der Waals surface area contributed by atoms with Gasteiger partial charge in [-0.05, 0) is 4.90 Å². The second-order valence-corrected chi connectivity index (χ2v) is 2.60. The Morgan fingerprint density at radius 3 is 3.08 bits per heavy atom. The Morgan fingerprint density at radius 2 is 2.38 bits per heavy atom. The molecule has 0 saturated carbocycles. The Labute approximate surface area is 71.8 Å². The number of aryl methyl sites for hydroxylation is 1. The van der Waals surface area contributed by atoms with Gasteiger partial charge < -0.3 is 10.4 Å². The van der Waals surface area contributed by atoms with Crippen LogP contribution in [0.5, 0.6) is 0 Å². The molecule has 1 aliphatic carbocycles. The van der Waals surface area contributed by atoms with Gasteiger partial charge in [-0.2, -0.15) is 0 Å². The Balaban J connectivity index is 2.55. The maximum atomic E-state index is 11.3. The summed E-state index contributed by atoms with van der Waals surface area (Å²) in [5.41, 5.74) is 0.0896. The fraction of sp³-hybridized carbons (Fsp3) is 0.333. The average molecular weight is 183 g/mol. The lowest BCUT2D eigenvalue weighted by molar-refractivity contribution is -0.803. The van der Waals surface area contributed by atoms with Crippen LogP contribution in [0.1, 0.15) is 22.6 Å². The summed E-state index contributed by atoms with van der Waals surface area (Å²) in [6.07, 6.45) is 0.647. The SMILES string of the molecule is O=C1/C(=N/O)CCc2no[n+]([O-])c21. The van der Waals surface area contributed by atoms with Crippen molar-refractivity contribution in [2.24, 2.45) is 5.16 Å². The Hall–Kier alpha value is -1.92. The number of hydrogen-bond acceptors (Lipinski definition) is 6. The summed E-state index contributed by atoms with van der Waals surface area (Å²) in [7, 11) is 0. The van der Waals surface area contributed by atoms with Gasteiger partial charge in [0.05, 0.1) is 0 Å². The largest absolute Gasteiger partial charge is 0.411 e. The van der Waals surface area contributed by atoms with Gasteiger partial charge in [-0.3, -0.25) is 9.42 Å². The number of rotatable bonds is 0. The van der Waals surface area contributed by atoms with Gasteiger partial charge in [-0.25, -0.2) is 0 Å². The second-order valence-electron chi connectivity index (χ2n) is 2.60. The van der Waals surface area contributed by atoms with Crippen molar-refractivity contribution in [3.05, 3.63) is 16.6 Å². The molecule has 7 heteroatoms. The summed E-state index contributed by atoms with van der Waals surface area (Å²) in [4.78, 5) is 11.3. The highest BCUT2D eigenvalue weighted by molar-refractivity contribution is 6.45. The van der Waals surface area contributed by atoms with E-state index in [1.165, 1.54) is 0 Å². The van der Waals surface area contributed by atoms with Crippen LogP contribution in [0.2, 0.25) is 0 Å². The molecule has 0 radical (unpaired) electrons. The number of aromatic nitrogens is 2. The zero-order chi connectivity index (χ0) is 9.42. The number of Topliss-reactive ketones (excluding diaryl/α,β-unsaturated/α-hetero) is 1. The van der Waals surface area contributed by atoms with E-state index in [0.717, 1.165) is 0 Å². The van der Waals surface area contributed by atoms with E-state index in [4.69, 9.17) is 5.21 Å². The lowest BCUT2D eigenvalue weighted by Gasteiger charge is -2.04. The molecule has 68 valence electrons. The van der Waals surface area contributed by atoms with E-state index >= 15 is 0 Å². The normalized spacial score (nSPS) is 19.1. The molecule has 7 nitrogen and oxygen atoms in total. The number of ketones is 1. The summed E-state index contributed by atoms with van der Waals surface area (Å²) in [6.45, 7) is 0. The van der Waals surface area contributed by atoms with Crippen LogP contribution in [0.3, 0.4) is 0 Å². The predicted molar refractivity (Wildman–Crippen MR) is 37.3 cm³/mol. The van der Waals surface area contributed by atoms with E-state index in [9.17, 15) is 10.0 Å². The first-order valence-electron chi connectivity index (χ1n) is 3.58. The molecule has 0 amide bonds. The summed E-state index contributed by atoms with van der Waals surface area (Å²) in [6, 6.07) is 0. The molecule has 0 atom stereocenters. The molecule has 0 aromatic carbocycles. The second kappa shape index (κ2) is 2.54. The Kier molecular flexibility index (Phi) is 1.51. The molecule has 0 bridgehead atoms. The van der Waals surface area contributed by atoms with Gasteiger partial charge in [0, 0.05) is 18.0 Å². The number of nitrogens with zero attached hydrogens (tertiary/aromatic N) is 3. The summed E-state index contributed by atoms with van der Waals surface area (Å²) in [5, 5.41) is 25.5. The molecule has 1 heterocycles. The molecule has 1 aromatic rings. The molecule has 1 aromatic heterocycles. The third-order valence-corrected chi connectivity index (χ3v) is 1.88. The summed E-state index contributed by atoms with van der Waals surface area (Å²) >= 11 is 0.